The molecular formula is C12H11Cl2FN2O. The second-order valence-electron chi connectivity index (χ2n) is 3.80. The lowest BCUT2D eigenvalue weighted by molar-refractivity contribution is 0.426. The Morgan fingerprint density at radius 3 is 2.78 bits per heavy atom. The Morgan fingerprint density at radius 1 is 1.44 bits per heavy atom. The van der Waals surface area contributed by atoms with Gasteiger partial charge in [0, 0.05) is 7.05 Å². The molecule has 1 aromatic heterocycles. The highest BCUT2D eigenvalue weighted by Crippen LogP contribution is 2.33. The van der Waals surface area contributed by atoms with Crippen molar-refractivity contribution in [3.63, 3.8) is 0 Å². The fraction of sp³-hybridized carbons (Fsp3) is 0.250. The first-order chi connectivity index (χ1) is 8.52. The van der Waals surface area contributed by atoms with Crippen LogP contribution in [0.1, 0.15) is 11.3 Å². The van der Waals surface area contributed by atoms with E-state index < -0.39 is 5.82 Å². The summed E-state index contributed by atoms with van der Waals surface area (Å²) in [5.74, 6) is 0.753. The van der Waals surface area contributed by atoms with Crippen molar-refractivity contribution in [1.29, 1.82) is 0 Å². The fourth-order valence-corrected chi connectivity index (χ4v) is 2.14. The fourth-order valence-electron chi connectivity index (χ4n) is 1.62. The second kappa shape index (κ2) is 5.16. The van der Waals surface area contributed by atoms with Gasteiger partial charge in [-0.1, -0.05) is 11.6 Å². The molecule has 0 aliphatic heterocycles. The molecule has 0 aliphatic carbocycles. The van der Waals surface area contributed by atoms with Crippen LogP contribution in [0.4, 0.5) is 4.39 Å². The number of aryl methyl sites for hydroxylation is 2. The Bertz CT molecular complexity index is 584. The Hall–Kier alpha value is -1.26. The van der Waals surface area contributed by atoms with E-state index in [-0.39, 0.29) is 10.9 Å². The van der Waals surface area contributed by atoms with E-state index in [1.165, 1.54) is 18.2 Å². The molecule has 0 unspecified atom stereocenters. The Balaban J connectivity index is 2.39. The van der Waals surface area contributed by atoms with Crippen LogP contribution in [0.3, 0.4) is 0 Å². The molecule has 0 N–H and O–H groups in total. The third-order valence-electron chi connectivity index (χ3n) is 2.52. The van der Waals surface area contributed by atoms with Gasteiger partial charge in [-0.3, -0.25) is 0 Å². The van der Waals surface area contributed by atoms with E-state index in [9.17, 15) is 4.39 Å². The zero-order valence-electron chi connectivity index (χ0n) is 9.88. The third-order valence-corrected chi connectivity index (χ3v) is 3.09. The molecule has 96 valence electrons. The minimum absolute atomic E-state index is 0.203. The van der Waals surface area contributed by atoms with Crippen LogP contribution in [0.15, 0.2) is 18.2 Å². The minimum atomic E-state index is -0.411. The highest BCUT2D eigenvalue weighted by Gasteiger charge is 2.15. The van der Waals surface area contributed by atoms with Crippen molar-refractivity contribution in [2.75, 3.05) is 0 Å². The molecule has 0 aliphatic rings. The molecule has 1 heterocycles. The van der Waals surface area contributed by atoms with Gasteiger partial charge in [0.25, 0.3) is 0 Å². The van der Waals surface area contributed by atoms with Crippen molar-refractivity contribution in [1.82, 2.24) is 9.78 Å². The molecule has 18 heavy (non-hydrogen) atoms. The summed E-state index contributed by atoms with van der Waals surface area (Å²) in [6.07, 6.45) is 0. The number of hydrogen-bond acceptors (Lipinski definition) is 2. The number of aromatic nitrogens is 2. The molecule has 2 aromatic rings. The van der Waals surface area contributed by atoms with Gasteiger partial charge < -0.3 is 4.74 Å². The maximum Gasteiger partial charge on any atom is 0.222 e. The molecule has 0 bridgehead atoms. The number of alkyl halides is 1. The molecule has 0 atom stereocenters. The van der Waals surface area contributed by atoms with Crippen LogP contribution in [0.25, 0.3) is 0 Å². The van der Waals surface area contributed by atoms with Gasteiger partial charge in [0.1, 0.15) is 11.6 Å². The van der Waals surface area contributed by atoms with E-state index in [0.717, 1.165) is 11.3 Å². The van der Waals surface area contributed by atoms with Crippen LogP contribution >= 0.6 is 23.2 Å². The maximum atomic E-state index is 12.9. The number of ether oxygens (including phenoxy) is 1. The van der Waals surface area contributed by atoms with Crippen molar-refractivity contribution < 1.29 is 9.13 Å². The molecule has 0 saturated heterocycles. The quantitative estimate of drug-likeness (QED) is 0.797. The summed E-state index contributed by atoms with van der Waals surface area (Å²) in [7, 11) is 1.75. The smallest absolute Gasteiger partial charge is 0.222 e. The van der Waals surface area contributed by atoms with Gasteiger partial charge in [-0.15, -0.1) is 11.6 Å². The maximum absolute atomic E-state index is 12.9. The summed E-state index contributed by atoms with van der Waals surface area (Å²) in [5.41, 5.74) is 1.58. The lowest BCUT2D eigenvalue weighted by Gasteiger charge is -2.09. The predicted molar refractivity (Wildman–Crippen MR) is 69.0 cm³/mol. The minimum Gasteiger partial charge on any atom is -0.437 e. The number of rotatable bonds is 3. The van der Waals surface area contributed by atoms with Gasteiger partial charge in [0.2, 0.25) is 5.88 Å². The first-order valence-corrected chi connectivity index (χ1v) is 6.15. The van der Waals surface area contributed by atoms with Gasteiger partial charge in [-0.2, -0.15) is 5.10 Å². The van der Waals surface area contributed by atoms with E-state index in [4.69, 9.17) is 27.9 Å². The number of hydrogen-bond donors (Lipinski definition) is 0. The number of nitrogens with zero attached hydrogens (tertiary/aromatic N) is 2. The molecule has 0 fully saturated rings. The van der Waals surface area contributed by atoms with Crippen LogP contribution in [-0.4, -0.2) is 9.78 Å². The monoisotopic (exact) mass is 288 g/mol. The zero-order chi connectivity index (χ0) is 13.3. The third kappa shape index (κ3) is 2.44. The number of benzene rings is 1. The predicted octanol–water partition coefficient (Wildman–Crippen LogP) is 4.05. The van der Waals surface area contributed by atoms with Crippen LogP contribution in [0, 0.1) is 12.7 Å². The first kappa shape index (κ1) is 13.2. The highest BCUT2D eigenvalue weighted by atomic mass is 35.5. The van der Waals surface area contributed by atoms with Crippen LogP contribution in [0.2, 0.25) is 5.02 Å². The molecule has 1 aromatic carbocycles. The topological polar surface area (TPSA) is 27.1 Å². The summed E-state index contributed by atoms with van der Waals surface area (Å²) < 4.78 is 20.2. The van der Waals surface area contributed by atoms with Crippen molar-refractivity contribution in [3.8, 4) is 11.6 Å². The molecular weight excluding hydrogens is 278 g/mol. The van der Waals surface area contributed by atoms with Gasteiger partial charge in [0.05, 0.1) is 22.2 Å². The van der Waals surface area contributed by atoms with Crippen LogP contribution in [0.5, 0.6) is 11.6 Å². The van der Waals surface area contributed by atoms with Gasteiger partial charge >= 0.3 is 0 Å². The summed E-state index contributed by atoms with van der Waals surface area (Å²) in [6.45, 7) is 1.84. The molecule has 0 spiro atoms. The summed E-state index contributed by atoms with van der Waals surface area (Å²) in [6, 6.07) is 3.95. The zero-order valence-corrected chi connectivity index (χ0v) is 11.4. The molecule has 2 rings (SSSR count). The lowest BCUT2D eigenvalue weighted by Crippen LogP contribution is -1.97. The first-order valence-electron chi connectivity index (χ1n) is 5.24. The van der Waals surface area contributed by atoms with Crippen molar-refractivity contribution in [2.24, 2.45) is 7.05 Å². The second-order valence-corrected chi connectivity index (χ2v) is 4.48. The summed E-state index contributed by atoms with van der Waals surface area (Å²) in [4.78, 5) is 0. The van der Waals surface area contributed by atoms with Crippen molar-refractivity contribution in [3.05, 3.63) is 40.3 Å². The molecule has 3 nitrogen and oxygen atoms in total. The van der Waals surface area contributed by atoms with Gasteiger partial charge in [-0.05, 0) is 25.1 Å². The van der Waals surface area contributed by atoms with E-state index in [1.807, 2.05) is 6.92 Å². The largest absolute Gasteiger partial charge is 0.437 e. The molecule has 0 amide bonds. The SMILES string of the molecule is Cc1nn(C)c(Oc2ccc(F)cc2Cl)c1CCl. The van der Waals surface area contributed by atoms with Crippen LogP contribution < -0.4 is 4.74 Å². The van der Waals surface area contributed by atoms with Crippen LogP contribution in [-0.2, 0) is 12.9 Å². The highest BCUT2D eigenvalue weighted by molar-refractivity contribution is 6.32. The normalized spacial score (nSPS) is 10.7. The summed E-state index contributed by atoms with van der Waals surface area (Å²) in [5, 5.41) is 4.42. The standard InChI is InChI=1S/C12H11Cl2FN2O/c1-7-9(6-13)12(17(2)16-7)18-11-4-3-8(15)5-10(11)14/h3-5H,6H2,1-2H3. The number of halogens is 3. The van der Waals surface area contributed by atoms with Crippen molar-refractivity contribution >= 4 is 23.2 Å². The average Bonchev–Trinajstić information content (AvgIpc) is 2.57. The van der Waals surface area contributed by atoms with Gasteiger partial charge in [-0.25, -0.2) is 9.07 Å². The van der Waals surface area contributed by atoms with Gasteiger partial charge in [0.15, 0.2) is 0 Å². The summed E-state index contributed by atoms with van der Waals surface area (Å²) >= 11 is 11.8. The van der Waals surface area contributed by atoms with Crippen molar-refractivity contribution in [2.45, 2.75) is 12.8 Å². The average molecular weight is 289 g/mol. The van der Waals surface area contributed by atoms with E-state index in [0.29, 0.717) is 11.6 Å². The van der Waals surface area contributed by atoms with E-state index in [2.05, 4.69) is 5.10 Å². The Kier molecular flexibility index (Phi) is 3.78. The lowest BCUT2D eigenvalue weighted by atomic mass is 10.3. The molecule has 0 radical (unpaired) electrons. The van der Waals surface area contributed by atoms with E-state index >= 15 is 0 Å². The molecule has 6 heteroatoms. The Morgan fingerprint density at radius 2 is 2.17 bits per heavy atom. The molecule has 0 saturated carbocycles. The van der Waals surface area contributed by atoms with E-state index in [1.54, 1.807) is 11.7 Å². The Labute approximate surface area is 114 Å².